The molecular formula is C20H31ClN2O3. The van der Waals surface area contributed by atoms with Crippen LogP contribution in [0.5, 0.6) is 0 Å². The number of hydrogen-bond donors (Lipinski definition) is 1. The molecule has 0 aliphatic carbocycles. The molecule has 2 aliphatic rings. The fourth-order valence-electron chi connectivity index (χ4n) is 3.57. The normalized spacial score (nSPS) is 22.9. The van der Waals surface area contributed by atoms with E-state index in [0.717, 1.165) is 45.5 Å². The van der Waals surface area contributed by atoms with Gasteiger partial charge in [-0.05, 0) is 30.4 Å². The Morgan fingerprint density at radius 1 is 1.35 bits per heavy atom. The maximum absolute atomic E-state index is 12.7. The van der Waals surface area contributed by atoms with Crippen molar-refractivity contribution in [1.29, 1.82) is 0 Å². The van der Waals surface area contributed by atoms with Crippen molar-refractivity contribution in [2.45, 2.75) is 44.8 Å². The summed E-state index contributed by atoms with van der Waals surface area (Å²) in [5.74, 6) is 0.179. The SMILES string of the molecule is CCc1ccc(C2CNCCN2C(=O)CCOCC2CCCO2)cc1.Cl. The molecule has 0 aromatic heterocycles. The number of nitrogens with one attached hydrogen (secondary N) is 1. The summed E-state index contributed by atoms with van der Waals surface area (Å²) in [6.07, 6.45) is 3.89. The molecule has 6 heteroatoms. The number of nitrogens with zero attached hydrogens (tertiary/aromatic N) is 1. The van der Waals surface area contributed by atoms with Gasteiger partial charge in [0.05, 0.1) is 31.8 Å². The molecule has 146 valence electrons. The third kappa shape index (κ3) is 5.68. The van der Waals surface area contributed by atoms with Gasteiger partial charge in [0, 0.05) is 26.2 Å². The van der Waals surface area contributed by atoms with Crippen molar-refractivity contribution >= 4 is 18.3 Å². The number of benzene rings is 1. The highest BCUT2D eigenvalue weighted by molar-refractivity contribution is 5.85. The molecule has 0 radical (unpaired) electrons. The molecule has 1 amide bonds. The van der Waals surface area contributed by atoms with Crippen molar-refractivity contribution in [1.82, 2.24) is 10.2 Å². The van der Waals surface area contributed by atoms with Gasteiger partial charge in [0.25, 0.3) is 0 Å². The Morgan fingerprint density at radius 3 is 2.85 bits per heavy atom. The van der Waals surface area contributed by atoms with Crippen LogP contribution in [0.15, 0.2) is 24.3 Å². The van der Waals surface area contributed by atoms with E-state index in [4.69, 9.17) is 9.47 Å². The van der Waals surface area contributed by atoms with Crippen molar-refractivity contribution in [3.05, 3.63) is 35.4 Å². The van der Waals surface area contributed by atoms with Crippen LogP contribution >= 0.6 is 12.4 Å². The van der Waals surface area contributed by atoms with Gasteiger partial charge in [0.1, 0.15) is 0 Å². The molecule has 1 aromatic rings. The molecule has 2 atom stereocenters. The first-order valence-corrected chi connectivity index (χ1v) is 9.56. The zero-order chi connectivity index (χ0) is 17.5. The standard InChI is InChI=1S/C20H30N2O3.ClH/c1-2-16-5-7-17(8-6-16)19-14-21-10-11-22(19)20(23)9-13-24-15-18-4-3-12-25-18;/h5-8,18-19,21H,2-4,9-15H2,1H3;1H. The number of rotatable bonds is 7. The van der Waals surface area contributed by atoms with Crippen LogP contribution in [-0.4, -0.2) is 56.4 Å². The van der Waals surface area contributed by atoms with Gasteiger partial charge in [-0.2, -0.15) is 0 Å². The highest BCUT2D eigenvalue weighted by atomic mass is 35.5. The summed E-state index contributed by atoms with van der Waals surface area (Å²) < 4.78 is 11.2. The summed E-state index contributed by atoms with van der Waals surface area (Å²) in [7, 11) is 0. The summed E-state index contributed by atoms with van der Waals surface area (Å²) in [5, 5.41) is 3.41. The molecule has 1 N–H and O–H groups in total. The Labute approximate surface area is 162 Å². The summed E-state index contributed by atoms with van der Waals surface area (Å²) in [5.41, 5.74) is 2.53. The van der Waals surface area contributed by atoms with E-state index in [1.807, 2.05) is 4.90 Å². The molecular weight excluding hydrogens is 352 g/mol. The smallest absolute Gasteiger partial charge is 0.225 e. The van der Waals surface area contributed by atoms with Crippen molar-refractivity contribution in [3.8, 4) is 0 Å². The van der Waals surface area contributed by atoms with Gasteiger partial charge >= 0.3 is 0 Å². The number of ether oxygens (including phenoxy) is 2. The van der Waals surface area contributed by atoms with Crippen molar-refractivity contribution < 1.29 is 14.3 Å². The zero-order valence-electron chi connectivity index (χ0n) is 15.6. The summed E-state index contributed by atoms with van der Waals surface area (Å²) in [4.78, 5) is 14.7. The van der Waals surface area contributed by atoms with Gasteiger partial charge in [-0.15, -0.1) is 12.4 Å². The number of halogens is 1. The summed E-state index contributed by atoms with van der Waals surface area (Å²) in [6, 6.07) is 8.76. The fourth-order valence-corrected chi connectivity index (χ4v) is 3.57. The highest BCUT2D eigenvalue weighted by Gasteiger charge is 2.27. The predicted molar refractivity (Wildman–Crippen MR) is 105 cm³/mol. The number of amides is 1. The van der Waals surface area contributed by atoms with Crippen LogP contribution in [0.2, 0.25) is 0 Å². The largest absolute Gasteiger partial charge is 0.378 e. The minimum Gasteiger partial charge on any atom is -0.378 e. The Morgan fingerprint density at radius 2 is 2.15 bits per heavy atom. The first kappa shape index (κ1) is 21.2. The van der Waals surface area contributed by atoms with E-state index >= 15 is 0 Å². The van der Waals surface area contributed by atoms with Gasteiger partial charge in [-0.3, -0.25) is 4.79 Å². The van der Waals surface area contributed by atoms with Crippen LogP contribution in [0, 0.1) is 0 Å². The molecule has 0 bridgehead atoms. The van der Waals surface area contributed by atoms with E-state index in [9.17, 15) is 4.79 Å². The highest BCUT2D eigenvalue weighted by Crippen LogP contribution is 2.23. The average Bonchev–Trinajstić information content (AvgIpc) is 3.19. The molecule has 2 fully saturated rings. The Balaban J connectivity index is 0.00000243. The first-order valence-electron chi connectivity index (χ1n) is 9.56. The number of hydrogen-bond acceptors (Lipinski definition) is 4. The maximum Gasteiger partial charge on any atom is 0.225 e. The number of piperazine rings is 1. The topological polar surface area (TPSA) is 50.8 Å². The second-order valence-electron chi connectivity index (χ2n) is 6.86. The van der Waals surface area contributed by atoms with Gasteiger partial charge in [0.15, 0.2) is 0 Å². The molecule has 2 aliphatic heterocycles. The molecule has 3 rings (SSSR count). The fraction of sp³-hybridized carbons (Fsp3) is 0.650. The Kier molecular flexibility index (Phi) is 8.85. The quantitative estimate of drug-likeness (QED) is 0.737. The van der Waals surface area contributed by atoms with Crippen molar-refractivity contribution in [2.75, 3.05) is 39.5 Å². The molecule has 2 saturated heterocycles. The van der Waals surface area contributed by atoms with E-state index in [2.05, 4.69) is 36.5 Å². The first-order chi connectivity index (χ1) is 12.3. The van der Waals surface area contributed by atoms with Crippen LogP contribution in [0.4, 0.5) is 0 Å². The lowest BCUT2D eigenvalue weighted by molar-refractivity contribution is -0.136. The average molecular weight is 383 g/mol. The van der Waals surface area contributed by atoms with Crippen LogP contribution in [0.1, 0.15) is 43.4 Å². The third-order valence-corrected chi connectivity index (χ3v) is 5.12. The lowest BCUT2D eigenvalue weighted by atomic mass is 10.0. The van der Waals surface area contributed by atoms with Crippen LogP contribution < -0.4 is 5.32 Å². The molecule has 26 heavy (non-hydrogen) atoms. The molecule has 0 spiro atoms. The monoisotopic (exact) mass is 382 g/mol. The molecule has 5 nitrogen and oxygen atoms in total. The summed E-state index contributed by atoms with van der Waals surface area (Å²) in [6.45, 7) is 6.50. The summed E-state index contributed by atoms with van der Waals surface area (Å²) >= 11 is 0. The van der Waals surface area contributed by atoms with Crippen LogP contribution in [0.3, 0.4) is 0 Å². The maximum atomic E-state index is 12.7. The van der Waals surface area contributed by atoms with E-state index in [0.29, 0.717) is 19.6 Å². The van der Waals surface area contributed by atoms with E-state index in [-0.39, 0.29) is 30.5 Å². The second kappa shape index (κ2) is 10.9. The second-order valence-corrected chi connectivity index (χ2v) is 6.86. The minimum atomic E-state index is 0. The van der Waals surface area contributed by atoms with Crippen molar-refractivity contribution in [2.24, 2.45) is 0 Å². The van der Waals surface area contributed by atoms with E-state index in [1.54, 1.807) is 0 Å². The van der Waals surface area contributed by atoms with E-state index < -0.39 is 0 Å². The van der Waals surface area contributed by atoms with Gasteiger partial charge < -0.3 is 19.7 Å². The number of carbonyl (C=O) groups is 1. The van der Waals surface area contributed by atoms with Gasteiger partial charge in [-0.25, -0.2) is 0 Å². The lowest BCUT2D eigenvalue weighted by Gasteiger charge is -2.36. The molecule has 2 heterocycles. The van der Waals surface area contributed by atoms with E-state index in [1.165, 1.54) is 11.1 Å². The van der Waals surface area contributed by atoms with Gasteiger partial charge in [0.2, 0.25) is 5.91 Å². The van der Waals surface area contributed by atoms with Crippen molar-refractivity contribution in [3.63, 3.8) is 0 Å². The predicted octanol–water partition coefficient (Wildman–Crippen LogP) is 2.73. The molecule has 0 saturated carbocycles. The minimum absolute atomic E-state index is 0. The zero-order valence-corrected chi connectivity index (χ0v) is 16.4. The van der Waals surface area contributed by atoms with Gasteiger partial charge in [-0.1, -0.05) is 31.2 Å². The number of carbonyl (C=O) groups excluding carboxylic acids is 1. The van der Waals surface area contributed by atoms with Crippen LogP contribution in [-0.2, 0) is 20.7 Å². The lowest BCUT2D eigenvalue weighted by Crippen LogP contribution is -2.48. The Bertz CT molecular complexity index is 546. The number of aryl methyl sites for hydroxylation is 1. The molecule has 1 aromatic carbocycles. The van der Waals surface area contributed by atoms with Crippen LogP contribution in [0.25, 0.3) is 0 Å². The Hall–Kier alpha value is -1.14. The molecule has 2 unspecified atom stereocenters. The third-order valence-electron chi connectivity index (χ3n) is 5.12.